The Morgan fingerprint density at radius 3 is 2.92 bits per heavy atom. The molecule has 0 bridgehead atoms. The highest BCUT2D eigenvalue weighted by Crippen LogP contribution is 2.23. The molecule has 0 fully saturated rings. The van der Waals surface area contributed by atoms with Crippen molar-refractivity contribution in [2.45, 2.75) is 19.8 Å². The summed E-state index contributed by atoms with van der Waals surface area (Å²) in [6.07, 6.45) is 2.70. The van der Waals surface area contributed by atoms with Gasteiger partial charge in [-0.3, -0.25) is 9.78 Å². The molecule has 1 N–H and O–H groups in total. The molecule has 0 saturated heterocycles. The number of carbonyl (C=O) groups is 1. The first-order chi connectivity index (χ1) is 12.6. The van der Waals surface area contributed by atoms with Crippen molar-refractivity contribution < 1.29 is 9.53 Å². The molecule has 7 heteroatoms. The average Bonchev–Trinajstić information content (AvgIpc) is 3.11. The molecule has 0 spiro atoms. The third kappa shape index (κ3) is 5.03. The van der Waals surface area contributed by atoms with Gasteiger partial charge >= 0.3 is 0 Å². The topological polar surface area (TPSA) is 64.1 Å². The molecular weight excluding hydrogens is 370 g/mol. The van der Waals surface area contributed by atoms with Gasteiger partial charge in [0.2, 0.25) is 5.91 Å². The molecule has 0 saturated carbocycles. The lowest BCUT2D eigenvalue weighted by molar-refractivity contribution is -0.116. The van der Waals surface area contributed by atoms with E-state index < -0.39 is 0 Å². The van der Waals surface area contributed by atoms with Crippen molar-refractivity contribution in [3.05, 3.63) is 58.6 Å². The van der Waals surface area contributed by atoms with Crippen LogP contribution in [-0.2, 0) is 4.79 Å². The number of amides is 1. The average molecular weight is 388 g/mol. The summed E-state index contributed by atoms with van der Waals surface area (Å²) >= 11 is 7.37. The van der Waals surface area contributed by atoms with Crippen molar-refractivity contribution in [3.63, 3.8) is 0 Å². The number of carbonyl (C=O) groups excluding carboxylic acids is 1. The maximum atomic E-state index is 12.0. The molecular formula is C19H18ClN3O2S. The summed E-state index contributed by atoms with van der Waals surface area (Å²) in [5, 5.41) is 5.98. The fraction of sp³-hybridized carbons (Fsp3) is 0.211. The zero-order valence-corrected chi connectivity index (χ0v) is 15.8. The van der Waals surface area contributed by atoms with Crippen LogP contribution in [0.25, 0.3) is 11.4 Å². The van der Waals surface area contributed by atoms with Gasteiger partial charge in [-0.1, -0.05) is 17.7 Å². The zero-order valence-electron chi connectivity index (χ0n) is 14.2. The second kappa shape index (κ2) is 8.78. The number of thiazole rings is 1. The van der Waals surface area contributed by atoms with Gasteiger partial charge in [0.15, 0.2) is 5.13 Å². The van der Waals surface area contributed by atoms with Crippen molar-refractivity contribution in [2.75, 3.05) is 11.9 Å². The number of rotatable bonds is 7. The number of halogens is 1. The molecule has 0 atom stereocenters. The SMILES string of the molecule is Cc1cc(OCCCC(=O)Nc2nc(-c3ccccn3)cs2)ccc1Cl. The van der Waals surface area contributed by atoms with Crippen molar-refractivity contribution in [3.8, 4) is 17.1 Å². The van der Waals surface area contributed by atoms with Crippen molar-refractivity contribution in [1.29, 1.82) is 0 Å². The van der Waals surface area contributed by atoms with E-state index in [2.05, 4.69) is 15.3 Å². The highest BCUT2D eigenvalue weighted by Gasteiger charge is 2.09. The van der Waals surface area contributed by atoms with Crippen molar-refractivity contribution in [2.24, 2.45) is 0 Å². The van der Waals surface area contributed by atoms with Crippen LogP contribution in [0, 0.1) is 6.92 Å². The van der Waals surface area contributed by atoms with E-state index in [9.17, 15) is 4.79 Å². The second-order valence-corrected chi connectivity index (χ2v) is 6.93. The molecule has 2 aromatic heterocycles. The van der Waals surface area contributed by atoms with Gasteiger partial charge in [-0.15, -0.1) is 11.3 Å². The molecule has 1 aromatic carbocycles. The number of ether oxygens (including phenoxy) is 1. The van der Waals surface area contributed by atoms with Gasteiger partial charge < -0.3 is 10.1 Å². The summed E-state index contributed by atoms with van der Waals surface area (Å²) < 4.78 is 5.64. The molecule has 0 aliphatic heterocycles. The normalized spacial score (nSPS) is 10.5. The monoisotopic (exact) mass is 387 g/mol. The van der Waals surface area contributed by atoms with E-state index in [1.54, 1.807) is 12.3 Å². The van der Waals surface area contributed by atoms with Crippen LogP contribution < -0.4 is 10.1 Å². The lowest BCUT2D eigenvalue weighted by atomic mass is 10.2. The van der Waals surface area contributed by atoms with Crippen LogP contribution in [0.15, 0.2) is 48.0 Å². The quantitative estimate of drug-likeness (QED) is 0.581. The predicted molar refractivity (Wildman–Crippen MR) is 105 cm³/mol. The number of aromatic nitrogens is 2. The second-order valence-electron chi connectivity index (χ2n) is 5.66. The number of benzene rings is 1. The van der Waals surface area contributed by atoms with Gasteiger partial charge in [-0.25, -0.2) is 4.98 Å². The maximum Gasteiger partial charge on any atom is 0.226 e. The summed E-state index contributed by atoms with van der Waals surface area (Å²) in [6, 6.07) is 11.2. The lowest BCUT2D eigenvalue weighted by Crippen LogP contribution is -2.12. The van der Waals surface area contributed by atoms with Gasteiger partial charge in [-0.2, -0.15) is 0 Å². The van der Waals surface area contributed by atoms with Crippen LogP contribution in [0.1, 0.15) is 18.4 Å². The van der Waals surface area contributed by atoms with Crippen molar-refractivity contribution >= 4 is 34.0 Å². The molecule has 3 aromatic rings. The van der Waals surface area contributed by atoms with E-state index in [0.29, 0.717) is 29.6 Å². The molecule has 0 unspecified atom stereocenters. The Balaban J connectivity index is 1.43. The van der Waals surface area contributed by atoms with E-state index in [1.165, 1.54) is 11.3 Å². The van der Waals surface area contributed by atoms with Gasteiger partial charge in [0.25, 0.3) is 0 Å². The van der Waals surface area contributed by atoms with Gasteiger partial charge in [-0.05, 0) is 49.2 Å². The molecule has 1 amide bonds. The van der Waals surface area contributed by atoms with Crippen LogP contribution in [0.2, 0.25) is 5.02 Å². The van der Waals surface area contributed by atoms with Gasteiger partial charge in [0, 0.05) is 23.0 Å². The van der Waals surface area contributed by atoms with Crippen LogP contribution in [0.4, 0.5) is 5.13 Å². The number of nitrogens with zero attached hydrogens (tertiary/aromatic N) is 2. The molecule has 26 heavy (non-hydrogen) atoms. The first-order valence-corrected chi connectivity index (χ1v) is 9.43. The van der Waals surface area contributed by atoms with E-state index in [-0.39, 0.29) is 5.91 Å². The minimum atomic E-state index is -0.0807. The fourth-order valence-electron chi connectivity index (χ4n) is 2.27. The number of anilines is 1. The van der Waals surface area contributed by atoms with Crippen LogP contribution in [0.3, 0.4) is 0 Å². The standard InChI is InChI=1S/C19H18ClN3O2S/c1-13-11-14(7-8-15(13)20)25-10-4-6-18(24)23-19-22-17(12-26-19)16-5-2-3-9-21-16/h2-3,5,7-9,11-12H,4,6,10H2,1H3,(H,22,23,24). The van der Waals surface area contributed by atoms with Crippen LogP contribution in [-0.4, -0.2) is 22.5 Å². The number of aryl methyl sites for hydroxylation is 1. The third-order valence-corrected chi connectivity index (χ3v) is 4.81. The maximum absolute atomic E-state index is 12.0. The number of nitrogens with one attached hydrogen (secondary N) is 1. The summed E-state index contributed by atoms with van der Waals surface area (Å²) in [5.41, 5.74) is 2.51. The molecule has 3 rings (SSSR count). The summed E-state index contributed by atoms with van der Waals surface area (Å²) in [7, 11) is 0. The molecule has 5 nitrogen and oxygen atoms in total. The molecule has 2 heterocycles. The molecule has 0 aliphatic rings. The Morgan fingerprint density at radius 2 is 2.15 bits per heavy atom. The molecule has 0 radical (unpaired) electrons. The number of hydrogen-bond acceptors (Lipinski definition) is 5. The Hall–Kier alpha value is -2.44. The highest BCUT2D eigenvalue weighted by molar-refractivity contribution is 7.14. The van der Waals surface area contributed by atoms with E-state index >= 15 is 0 Å². The van der Waals surface area contributed by atoms with Crippen LogP contribution in [0.5, 0.6) is 5.75 Å². The van der Waals surface area contributed by atoms with Gasteiger partial charge in [0.05, 0.1) is 12.3 Å². The number of pyridine rings is 1. The van der Waals surface area contributed by atoms with Gasteiger partial charge in [0.1, 0.15) is 11.4 Å². The first-order valence-electron chi connectivity index (χ1n) is 8.17. The fourth-order valence-corrected chi connectivity index (χ4v) is 3.11. The zero-order chi connectivity index (χ0) is 18.4. The highest BCUT2D eigenvalue weighted by atomic mass is 35.5. The van der Waals surface area contributed by atoms with Crippen molar-refractivity contribution in [1.82, 2.24) is 9.97 Å². The lowest BCUT2D eigenvalue weighted by Gasteiger charge is -2.07. The Bertz CT molecular complexity index is 884. The number of hydrogen-bond donors (Lipinski definition) is 1. The minimum Gasteiger partial charge on any atom is -0.494 e. The Labute approximate surface area is 161 Å². The predicted octanol–water partition coefficient (Wildman–Crippen LogP) is 4.96. The van der Waals surface area contributed by atoms with E-state index in [1.807, 2.05) is 42.6 Å². The smallest absolute Gasteiger partial charge is 0.226 e. The summed E-state index contributed by atoms with van der Waals surface area (Å²) in [5.74, 6) is 0.676. The Morgan fingerprint density at radius 1 is 1.27 bits per heavy atom. The first kappa shape index (κ1) is 18.4. The molecule has 134 valence electrons. The Kier molecular flexibility index (Phi) is 6.20. The summed E-state index contributed by atoms with van der Waals surface area (Å²) in [6.45, 7) is 2.39. The van der Waals surface area contributed by atoms with E-state index in [0.717, 1.165) is 22.7 Å². The third-order valence-electron chi connectivity index (χ3n) is 3.62. The minimum absolute atomic E-state index is 0.0807. The summed E-state index contributed by atoms with van der Waals surface area (Å²) in [4.78, 5) is 20.7. The molecule has 0 aliphatic carbocycles. The largest absolute Gasteiger partial charge is 0.494 e. The van der Waals surface area contributed by atoms with Crippen LogP contribution >= 0.6 is 22.9 Å². The van der Waals surface area contributed by atoms with E-state index in [4.69, 9.17) is 16.3 Å².